The number of rotatable bonds is 2. The summed E-state index contributed by atoms with van der Waals surface area (Å²) in [6, 6.07) is 0. The molecule has 0 aromatic heterocycles. The van der Waals surface area contributed by atoms with E-state index in [1.165, 1.54) is 0 Å². The largest absolute Gasteiger partial charge is 0.419 e. The van der Waals surface area contributed by atoms with Gasteiger partial charge in [0.2, 0.25) is 0 Å². The summed E-state index contributed by atoms with van der Waals surface area (Å²) in [5.41, 5.74) is 0. The van der Waals surface area contributed by atoms with Gasteiger partial charge in [0.1, 0.15) is 8.83 Å². The first-order chi connectivity index (χ1) is 3.18. The summed E-state index contributed by atoms with van der Waals surface area (Å²) in [5.74, 6) is 0. The molecule has 0 aliphatic carbocycles. The molecule has 0 heterocycles. The lowest BCUT2D eigenvalue weighted by Crippen LogP contribution is -2.29. The molecule has 0 saturated heterocycles. The van der Waals surface area contributed by atoms with Crippen LogP contribution in [0.25, 0.3) is 0 Å². The van der Waals surface area contributed by atoms with Gasteiger partial charge in [-0.25, -0.2) is 0 Å². The molecule has 0 radical (unpaired) electrons. The van der Waals surface area contributed by atoms with Gasteiger partial charge >= 0.3 is 0 Å². The highest BCUT2D eigenvalue weighted by Crippen LogP contribution is 1.51. The number of nitrogens with two attached hydrogens (primary N) is 1. The van der Waals surface area contributed by atoms with Crippen LogP contribution in [0.3, 0.4) is 0 Å². The number of nitrogens with one attached hydrogen (secondary N) is 3. The predicted octanol–water partition coefficient (Wildman–Crippen LogP) is 2.07. The SMILES string of the molecule is C.C.C.C.C.N=[SiH][Si](=N)[Si](=N)N. The Morgan fingerprint density at radius 2 is 1.17 bits per heavy atom. The fourth-order valence-corrected chi connectivity index (χ4v) is 2.10. The maximum Gasteiger partial charge on any atom is 0.254 e. The van der Waals surface area contributed by atoms with Gasteiger partial charge in [-0.2, -0.15) is 0 Å². The Hall–Kier alpha value is -0.149. The summed E-state index contributed by atoms with van der Waals surface area (Å²) < 4.78 is 0. The Labute approximate surface area is 82.9 Å². The van der Waals surface area contributed by atoms with Crippen molar-refractivity contribution in [3.8, 4) is 0 Å². The van der Waals surface area contributed by atoms with Crippen molar-refractivity contribution in [2.75, 3.05) is 0 Å². The summed E-state index contributed by atoms with van der Waals surface area (Å²) >= 11 is 0. The van der Waals surface area contributed by atoms with Crippen LogP contribution in [0.4, 0.5) is 0 Å². The Kier molecular flexibility index (Phi) is 76.2. The number of hydrogen-bond acceptors (Lipinski definition) is 3. The monoisotopic (exact) mass is 226 g/mol. The molecule has 12 heavy (non-hydrogen) atoms. The minimum atomic E-state index is -1.60. The van der Waals surface area contributed by atoms with Crippen molar-refractivity contribution in [2.24, 2.45) is 5.40 Å². The molecule has 78 valence electrons. The minimum absolute atomic E-state index is 0. The van der Waals surface area contributed by atoms with E-state index in [9.17, 15) is 0 Å². The van der Waals surface area contributed by atoms with E-state index in [0.29, 0.717) is 0 Å². The summed E-state index contributed by atoms with van der Waals surface area (Å²) in [4.78, 5) is 0. The van der Waals surface area contributed by atoms with Crippen LogP contribution < -0.4 is 5.40 Å². The molecule has 0 atom stereocenters. The average Bonchev–Trinajstić information content (AvgIpc) is 1.65. The van der Waals surface area contributed by atoms with E-state index in [1.807, 2.05) is 0 Å². The summed E-state index contributed by atoms with van der Waals surface area (Å²) in [7, 11) is -3.54. The Morgan fingerprint density at radius 1 is 0.917 bits per heavy atom. The number of hydrogen-bond donors (Lipinski definition) is 4. The Bertz CT molecular complexity index is 126. The van der Waals surface area contributed by atoms with Crippen molar-refractivity contribution >= 4 is 24.7 Å². The van der Waals surface area contributed by atoms with Crippen LogP contribution in [0.5, 0.6) is 0 Å². The molecule has 0 aliphatic heterocycles. The molecule has 4 nitrogen and oxygen atoms in total. The molecule has 0 aliphatic rings. The van der Waals surface area contributed by atoms with Crippen LogP contribution in [0.15, 0.2) is 0 Å². The van der Waals surface area contributed by atoms with Crippen LogP contribution in [0, 0.1) is 15.2 Å². The molecule has 5 N–H and O–H groups in total. The highest BCUT2D eigenvalue weighted by atomic mass is 29.5. The van der Waals surface area contributed by atoms with Crippen LogP contribution in [0.1, 0.15) is 37.1 Å². The fourth-order valence-electron chi connectivity index (χ4n) is 0.0778. The van der Waals surface area contributed by atoms with E-state index in [2.05, 4.69) is 0 Å². The second-order valence-electron chi connectivity index (χ2n) is 0.972. The van der Waals surface area contributed by atoms with E-state index >= 15 is 0 Å². The Balaban J connectivity index is -0.0000000180. The van der Waals surface area contributed by atoms with E-state index in [1.54, 1.807) is 0 Å². The van der Waals surface area contributed by atoms with Gasteiger partial charge in [0.25, 0.3) is 8.27 Å². The van der Waals surface area contributed by atoms with Gasteiger partial charge in [-0.3, -0.25) is 0 Å². The van der Waals surface area contributed by atoms with Crippen LogP contribution in [-0.2, 0) is 0 Å². The molecule has 0 amide bonds. The third-order valence-electron chi connectivity index (χ3n) is 0.435. The molecule has 0 spiro atoms. The maximum absolute atomic E-state index is 6.96. The first-order valence-corrected chi connectivity index (χ1v) is 8.08. The van der Waals surface area contributed by atoms with Crippen LogP contribution >= 0.6 is 0 Å². The zero-order valence-electron chi connectivity index (χ0n) is 3.65. The molecular weight excluding hydrogens is 200 g/mol. The molecule has 0 bridgehead atoms. The highest BCUT2D eigenvalue weighted by molar-refractivity contribution is 7.31. The molecule has 0 saturated carbocycles. The van der Waals surface area contributed by atoms with E-state index in [4.69, 9.17) is 20.6 Å². The predicted molar refractivity (Wildman–Crippen MR) is 64.7 cm³/mol. The lowest BCUT2D eigenvalue weighted by Gasteiger charge is -1.80. The second kappa shape index (κ2) is 22.4. The van der Waals surface area contributed by atoms with Crippen molar-refractivity contribution in [1.29, 1.82) is 15.2 Å². The average molecular weight is 227 g/mol. The van der Waals surface area contributed by atoms with E-state index in [-0.39, 0.29) is 37.1 Å². The molecule has 0 unspecified atom stereocenters. The zero-order valence-corrected chi connectivity index (χ0v) is 6.81. The topological polar surface area (TPSA) is 97.6 Å². The summed E-state index contributed by atoms with van der Waals surface area (Å²) in [6.45, 7) is 0. The van der Waals surface area contributed by atoms with Crippen LogP contribution in [-0.4, -0.2) is 24.7 Å². The van der Waals surface area contributed by atoms with Gasteiger partial charge in [-0.05, 0) is 0 Å². The van der Waals surface area contributed by atoms with Crippen molar-refractivity contribution in [2.45, 2.75) is 37.1 Å². The van der Waals surface area contributed by atoms with Crippen LogP contribution in [0.2, 0.25) is 0 Å². The van der Waals surface area contributed by atoms with Gasteiger partial charge in [-0.1, -0.05) is 37.1 Å². The Morgan fingerprint density at radius 3 is 1.17 bits per heavy atom. The smallest absolute Gasteiger partial charge is 0.254 e. The molecular formula is C5H26N4Si3. The minimum Gasteiger partial charge on any atom is -0.419 e. The quantitative estimate of drug-likeness (QED) is 0.533. The van der Waals surface area contributed by atoms with Gasteiger partial charge in [0.15, 0.2) is 7.62 Å². The van der Waals surface area contributed by atoms with Crippen molar-refractivity contribution in [1.82, 2.24) is 0 Å². The maximum atomic E-state index is 6.96. The third-order valence-corrected chi connectivity index (χ3v) is 8.01. The van der Waals surface area contributed by atoms with Gasteiger partial charge in [-0.15, -0.1) is 0 Å². The van der Waals surface area contributed by atoms with Crippen molar-refractivity contribution in [3.63, 3.8) is 0 Å². The fraction of sp³-hybridized carbons (Fsp3) is 1.00. The first-order valence-electron chi connectivity index (χ1n) is 1.62. The first kappa shape index (κ1) is 40.8. The highest BCUT2D eigenvalue weighted by Gasteiger charge is 1.96. The van der Waals surface area contributed by atoms with Gasteiger partial charge in [0.05, 0.1) is 0 Å². The van der Waals surface area contributed by atoms with Crippen molar-refractivity contribution in [3.05, 3.63) is 0 Å². The van der Waals surface area contributed by atoms with Gasteiger partial charge in [0, 0.05) is 0 Å². The molecule has 0 fully saturated rings. The molecule has 7 heteroatoms. The van der Waals surface area contributed by atoms with E-state index in [0.717, 1.165) is 0 Å². The summed E-state index contributed by atoms with van der Waals surface area (Å²) in [6.07, 6.45) is 0. The molecule has 0 aromatic rings. The van der Waals surface area contributed by atoms with Gasteiger partial charge < -0.3 is 20.6 Å². The standard InChI is InChI=1S/5CH4.H6N4Si3/c;;;;;1-5-7(4)6(2)3/h5*1H4;1-2,4-5H,3H2. The van der Waals surface area contributed by atoms with Crippen molar-refractivity contribution < 1.29 is 0 Å². The third kappa shape index (κ3) is 22.5. The molecule has 0 aromatic carbocycles. The summed E-state index contributed by atoms with van der Waals surface area (Å²) in [5, 5.41) is 25.6. The van der Waals surface area contributed by atoms with E-state index < -0.39 is 24.7 Å². The zero-order chi connectivity index (χ0) is 5.86. The lowest BCUT2D eigenvalue weighted by atomic mass is 12.0. The molecule has 0 rings (SSSR count). The second-order valence-corrected chi connectivity index (χ2v) is 10.5. The normalized spacial score (nSPS) is 4.33. The lowest BCUT2D eigenvalue weighted by molar-refractivity contribution is 1.53.